The van der Waals surface area contributed by atoms with Gasteiger partial charge in [0.05, 0.1) is 0 Å². The highest BCUT2D eigenvalue weighted by Gasteiger charge is 2.28. The fourth-order valence-electron chi connectivity index (χ4n) is 0.250. The van der Waals surface area contributed by atoms with Gasteiger partial charge in [-0.3, -0.25) is 0 Å². The highest BCUT2D eigenvalue weighted by molar-refractivity contribution is 6.62. The minimum atomic E-state index is -2.11. The monoisotopic (exact) mass is 152 g/mol. The van der Waals surface area contributed by atoms with Crippen molar-refractivity contribution in [2.24, 2.45) is 0 Å². The molecule has 0 aromatic rings. The van der Waals surface area contributed by atoms with Crippen LogP contribution in [0.2, 0.25) is 6.55 Å². The summed E-state index contributed by atoms with van der Waals surface area (Å²) in [5.41, 5.74) is 0. The van der Waals surface area contributed by atoms with Gasteiger partial charge < -0.3 is 13.0 Å². The van der Waals surface area contributed by atoms with Crippen LogP contribution in [0.25, 0.3) is 0 Å². The van der Waals surface area contributed by atoms with Crippen LogP contribution in [0.4, 0.5) is 0 Å². The van der Waals surface area contributed by atoms with E-state index in [1.165, 1.54) is 0 Å². The van der Waals surface area contributed by atoms with Crippen molar-refractivity contribution in [3.05, 3.63) is 0 Å². The first kappa shape index (κ1) is 8.31. The third-order valence-electron chi connectivity index (χ3n) is 1.11. The zero-order valence-electron chi connectivity index (χ0n) is 5.72. The van der Waals surface area contributed by atoms with Crippen molar-refractivity contribution in [2.75, 3.05) is 14.2 Å². The lowest BCUT2D eigenvalue weighted by molar-refractivity contribution is 0.175. The van der Waals surface area contributed by atoms with Crippen LogP contribution < -0.4 is 0 Å². The van der Waals surface area contributed by atoms with E-state index in [1.54, 1.807) is 14.2 Å². The summed E-state index contributed by atoms with van der Waals surface area (Å²) in [5, 5.41) is 0. The van der Waals surface area contributed by atoms with E-state index in [0.29, 0.717) is 10.5 Å². The molecule has 0 atom stereocenters. The highest BCUT2D eigenvalue weighted by Crippen LogP contribution is 2.01. The molecule has 0 unspecified atom stereocenters. The summed E-state index contributed by atoms with van der Waals surface area (Å²) in [6.45, 7) is 1.86. The molecule has 0 saturated carbocycles. The Morgan fingerprint density at radius 2 is 1.62 bits per heavy atom. The fraction of sp³-hybridized carbons (Fsp3) is 1.00. The summed E-state index contributed by atoms with van der Waals surface area (Å²) in [6.07, 6.45) is 0. The van der Waals surface area contributed by atoms with Crippen molar-refractivity contribution in [2.45, 2.75) is 6.55 Å². The molecule has 0 aromatic heterocycles. The maximum atomic E-state index is 5.07. The van der Waals surface area contributed by atoms with Crippen LogP contribution in [0.5, 0.6) is 0 Å². The molecule has 3 nitrogen and oxygen atoms in total. The van der Waals surface area contributed by atoms with E-state index in [9.17, 15) is 0 Å². The van der Waals surface area contributed by atoms with Crippen LogP contribution in [0.15, 0.2) is 0 Å². The van der Waals surface area contributed by atoms with Gasteiger partial charge in [0.2, 0.25) is 0 Å². The van der Waals surface area contributed by atoms with Crippen LogP contribution in [0.1, 0.15) is 0 Å². The second-order valence-electron chi connectivity index (χ2n) is 1.47. The van der Waals surface area contributed by atoms with Crippen molar-refractivity contribution < 1.29 is 13.0 Å². The van der Waals surface area contributed by atoms with Crippen LogP contribution in [-0.2, 0) is 13.0 Å². The molecule has 0 aliphatic rings. The molecule has 0 N–H and O–H groups in total. The third kappa shape index (κ3) is 2.06. The predicted octanol–water partition coefficient (Wildman–Crippen LogP) is -0.855. The van der Waals surface area contributed by atoms with Crippen molar-refractivity contribution >= 4 is 19.3 Å². The Labute approximate surface area is 53.9 Å². The van der Waals surface area contributed by atoms with Gasteiger partial charge in [-0.15, -0.1) is 0 Å². The summed E-state index contributed by atoms with van der Waals surface area (Å²) >= 11 is 0. The van der Waals surface area contributed by atoms with Gasteiger partial charge in [0.1, 0.15) is 10.5 Å². The maximum Gasteiger partial charge on any atom is 0.486 e. The topological polar surface area (TPSA) is 27.7 Å². The lowest BCUT2D eigenvalue weighted by Crippen LogP contribution is -2.39. The summed E-state index contributed by atoms with van der Waals surface area (Å²) in [6, 6.07) is 0. The molecule has 0 radical (unpaired) electrons. The van der Waals surface area contributed by atoms with E-state index in [4.69, 9.17) is 13.0 Å². The summed E-state index contributed by atoms with van der Waals surface area (Å²) in [5.74, 6) is 0. The second kappa shape index (κ2) is 3.36. The Hall–Kier alpha value is 0.314. The quantitative estimate of drug-likeness (QED) is 0.493. The molecule has 0 spiro atoms. The molecular weight excluding hydrogens is 140 g/mol. The number of hydrogen-bond acceptors (Lipinski definition) is 3. The van der Waals surface area contributed by atoms with Crippen molar-refractivity contribution in [3.63, 3.8) is 0 Å². The molecule has 0 aliphatic heterocycles. The highest BCUT2D eigenvalue weighted by atomic mass is 28.4. The van der Waals surface area contributed by atoms with Gasteiger partial charge in [-0.05, 0) is 0 Å². The largest absolute Gasteiger partial charge is 0.486 e. The zero-order valence-corrected chi connectivity index (χ0v) is 8.72. The summed E-state index contributed by atoms with van der Waals surface area (Å²) < 4.78 is 15.0. The Balaban J connectivity index is 3.58. The molecule has 0 fully saturated rings. The fourth-order valence-corrected chi connectivity index (χ4v) is 1.75. The van der Waals surface area contributed by atoms with E-state index < -0.39 is 8.80 Å². The van der Waals surface area contributed by atoms with Gasteiger partial charge in [-0.2, -0.15) is 0 Å². The molecule has 5 heteroatoms. The smallest absolute Gasteiger partial charge is 0.425 e. The normalized spacial score (nSPS) is 12.4. The molecule has 0 amide bonds. The Kier molecular flexibility index (Phi) is 3.49. The maximum absolute atomic E-state index is 5.07. The Morgan fingerprint density at radius 3 is 1.62 bits per heavy atom. The molecule has 0 saturated heterocycles. The molecule has 0 rings (SSSR count). The van der Waals surface area contributed by atoms with Gasteiger partial charge in [0.15, 0.2) is 0 Å². The van der Waals surface area contributed by atoms with E-state index in [0.717, 1.165) is 0 Å². The van der Waals surface area contributed by atoms with E-state index in [2.05, 4.69) is 0 Å². The second-order valence-corrected chi connectivity index (χ2v) is 5.65. The predicted molar refractivity (Wildman–Crippen MR) is 36.7 cm³/mol. The van der Waals surface area contributed by atoms with Crippen molar-refractivity contribution in [1.82, 2.24) is 0 Å². The van der Waals surface area contributed by atoms with Crippen LogP contribution in [0.3, 0.4) is 0 Å². The molecule has 0 heterocycles. The molecule has 0 bridgehead atoms. The van der Waals surface area contributed by atoms with Crippen LogP contribution in [-0.4, -0.2) is 33.5 Å². The minimum Gasteiger partial charge on any atom is -0.425 e. The average Bonchev–Trinajstić information content (AvgIpc) is 1.87. The van der Waals surface area contributed by atoms with Crippen molar-refractivity contribution in [1.29, 1.82) is 0 Å². The number of rotatable bonds is 3. The average molecular weight is 152 g/mol. The standard InChI is InChI=1S/C3H12O3Si2/c1-4-8(3,5-2)6-7/h1-3,7H3. The van der Waals surface area contributed by atoms with Crippen LogP contribution >= 0.6 is 0 Å². The van der Waals surface area contributed by atoms with Crippen molar-refractivity contribution in [3.8, 4) is 0 Å². The molecule has 8 heavy (non-hydrogen) atoms. The van der Waals surface area contributed by atoms with Crippen LogP contribution in [0, 0.1) is 0 Å². The van der Waals surface area contributed by atoms with Gasteiger partial charge in [-0.1, -0.05) is 0 Å². The minimum absolute atomic E-state index is 0.678. The summed E-state index contributed by atoms with van der Waals surface area (Å²) in [4.78, 5) is 0. The van der Waals surface area contributed by atoms with E-state index in [-0.39, 0.29) is 0 Å². The van der Waals surface area contributed by atoms with Gasteiger partial charge >= 0.3 is 8.80 Å². The van der Waals surface area contributed by atoms with Gasteiger partial charge in [0, 0.05) is 20.8 Å². The zero-order chi connectivity index (χ0) is 6.62. The summed E-state index contributed by atoms with van der Waals surface area (Å²) in [7, 11) is 1.78. The van der Waals surface area contributed by atoms with Gasteiger partial charge in [0.25, 0.3) is 0 Å². The van der Waals surface area contributed by atoms with E-state index in [1.807, 2.05) is 6.55 Å². The number of hydrogen-bond donors (Lipinski definition) is 0. The van der Waals surface area contributed by atoms with E-state index >= 15 is 0 Å². The molecule has 50 valence electrons. The van der Waals surface area contributed by atoms with Gasteiger partial charge in [-0.25, -0.2) is 0 Å². The molecule has 0 aliphatic carbocycles. The molecule has 0 aromatic carbocycles. The first-order valence-electron chi connectivity index (χ1n) is 2.34. The SMILES string of the molecule is CO[Si](C)(OC)O[SiH3]. The Bertz CT molecular complexity index is 55.3. The lowest BCUT2D eigenvalue weighted by atomic mass is 11.8. The first-order chi connectivity index (χ1) is 3.68. The Morgan fingerprint density at radius 1 is 1.25 bits per heavy atom. The third-order valence-corrected chi connectivity index (χ3v) is 5.56. The molecular formula is C3H12O3Si2. The first-order valence-corrected chi connectivity index (χ1v) is 5.38. The lowest BCUT2D eigenvalue weighted by Gasteiger charge is -2.19.